The van der Waals surface area contributed by atoms with Gasteiger partial charge in [0.25, 0.3) is 5.91 Å². The Hall–Kier alpha value is -4.38. The van der Waals surface area contributed by atoms with Gasteiger partial charge in [-0.2, -0.15) is 9.67 Å². The molecule has 0 radical (unpaired) electrons. The van der Waals surface area contributed by atoms with Gasteiger partial charge in [0.1, 0.15) is 5.69 Å². The van der Waals surface area contributed by atoms with Gasteiger partial charge in [-0.05, 0) is 87.4 Å². The quantitative estimate of drug-likeness (QED) is 0.369. The molecule has 2 fully saturated rings. The molecule has 216 valence electrons. The largest absolute Gasteiger partial charge is 0.368 e. The predicted octanol–water partition coefficient (Wildman–Crippen LogP) is 4.02. The number of piperidine rings is 2. The van der Waals surface area contributed by atoms with Crippen LogP contribution in [-0.2, 0) is 12.8 Å². The van der Waals surface area contributed by atoms with E-state index >= 15 is 0 Å². The second-order valence-electron chi connectivity index (χ2n) is 11.5. The minimum atomic E-state index is -0.0188. The molecule has 0 saturated carbocycles. The average molecular weight is 565 g/mol. The number of carbonyl (C=O) groups excluding carboxylic acids is 1. The Morgan fingerprint density at radius 1 is 0.905 bits per heavy atom. The van der Waals surface area contributed by atoms with Crippen LogP contribution < -0.4 is 11.1 Å². The number of nitrogen functional groups attached to an aromatic ring is 1. The lowest BCUT2D eigenvalue weighted by atomic mass is 9.99. The van der Waals surface area contributed by atoms with E-state index in [9.17, 15) is 4.79 Å². The van der Waals surface area contributed by atoms with Crippen LogP contribution in [-0.4, -0.2) is 77.9 Å². The summed E-state index contributed by atoms with van der Waals surface area (Å²) in [5.74, 6) is 1.02. The lowest BCUT2D eigenvalue weighted by Gasteiger charge is -2.40. The van der Waals surface area contributed by atoms with Crippen LogP contribution in [0.1, 0.15) is 60.1 Å². The summed E-state index contributed by atoms with van der Waals surface area (Å²) in [5.41, 5.74) is 11.8. The van der Waals surface area contributed by atoms with Crippen LogP contribution in [0.3, 0.4) is 0 Å². The third-order valence-electron chi connectivity index (χ3n) is 8.77. The number of pyridine rings is 1. The summed E-state index contributed by atoms with van der Waals surface area (Å²) in [5, 5.41) is 16.7. The minimum Gasteiger partial charge on any atom is -0.368 e. The summed E-state index contributed by atoms with van der Waals surface area (Å²) in [6.45, 7) is 3.95. The van der Waals surface area contributed by atoms with Crippen molar-refractivity contribution in [3.05, 3.63) is 65.5 Å². The van der Waals surface area contributed by atoms with Gasteiger partial charge in [0, 0.05) is 24.7 Å². The molecule has 3 aromatic heterocycles. The number of fused-ring (bicyclic) bond motifs is 3. The first-order chi connectivity index (χ1) is 20.6. The fourth-order valence-electron chi connectivity index (χ4n) is 6.53. The van der Waals surface area contributed by atoms with Crippen LogP contribution in [0, 0.1) is 0 Å². The van der Waals surface area contributed by atoms with Gasteiger partial charge in [-0.15, -0.1) is 15.3 Å². The maximum Gasteiger partial charge on any atom is 0.272 e. The number of nitrogens with two attached hydrogens (primary N) is 1. The molecule has 1 aromatic carbocycles. The summed E-state index contributed by atoms with van der Waals surface area (Å²) in [6.07, 6.45) is 10.6. The molecule has 42 heavy (non-hydrogen) atoms. The molecule has 0 unspecified atom stereocenters. The number of aryl methyl sites for hydroxylation is 2. The maximum absolute atomic E-state index is 13.1. The van der Waals surface area contributed by atoms with Gasteiger partial charge < -0.3 is 20.9 Å². The van der Waals surface area contributed by atoms with Crippen LogP contribution in [0.5, 0.6) is 0 Å². The van der Waals surface area contributed by atoms with E-state index in [2.05, 4.69) is 53.7 Å². The van der Waals surface area contributed by atoms with Gasteiger partial charge in [0.05, 0.1) is 17.6 Å². The zero-order valence-electron chi connectivity index (χ0n) is 23.7. The molecule has 2 saturated heterocycles. The number of anilines is 3. The van der Waals surface area contributed by atoms with Crippen molar-refractivity contribution in [2.75, 3.05) is 37.2 Å². The number of hydrogen-bond donors (Lipinski definition) is 2. The molecule has 5 heterocycles. The number of aromatic nitrogens is 6. The highest BCUT2D eigenvalue weighted by atomic mass is 16.2. The van der Waals surface area contributed by atoms with Gasteiger partial charge in [0.15, 0.2) is 5.82 Å². The molecule has 11 nitrogen and oxygen atoms in total. The highest BCUT2D eigenvalue weighted by Crippen LogP contribution is 2.31. The molecule has 0 spiro atoms. The number of amides is 1. The van der Waals surface area contributed by atoms with Crippen LogP contribution in [0.25, 0.3) is 17.1 Å². The third-order valence-corrected chi connectivity index (χ3v) is 8.77. The molecule has 1 amide bonds. The molecule has 3 N–H and O–H groups in total. The Labute approximate surface area is 245 Å². The second kappa shape index (κ2) is 11.5. The normalized spacial score (nSPS) is 17.8. The number of likely N-dealkylation sites (tertiary alicyclic amines) is 2. The lowest BCUT2D eigenvalue weighted by Crippen LogP contribution is -2.48. The van der Waals surface area contributed by atoms with Crippen molar-refractivity contribution in [3.8, 4) is 17.1 Å². The number of carbonyl (C=O) groups is 1. The Morgan fingerprint density at radius 3 is 2.52 bits per heavy atom. The lowest BCUT2D eigenvalue weighted by molar-refractivity contribution is 0.0585. The molecule has 3 aliphatic rings. The molecule has 11 heteroatoms. The van der Waals surface area contributed by atoms with Gasteiger partial charge in [0.2, 0.25) is 11.9 Å². The zero-order valence-corrected chi connectivity index (χ0v) is 23.7. The SMILES string of the molecule is Nc1nc(Nc2ccc(C(=O)N3CCC(N4CCCCC4)CC3)nc2)nn1-c1cc2c(nn1)-c1ccccc1CCC2. The summed E-state index contributed by atoms with van der Waals surface area (Å²) in [7, 11) is 0. The topological polar surface area (TPSA) is 131 Å². The number of benzene rings is 1. The standard InChI is InChI=1S/C31H36N10O/c32-30-35-31(38-41(30)27-19-22-9-6-8-21-7-2-3-10-25(21)28(22)37-36-27)34-23-11-12-26(33-20-23)29(42)40-17-13-24(14-18-40)39-15-4-1-5-16-39/h2-3,7,10-12,19-20,24H,1,4-6,8-9,13-18H2,(H3,32,34,35,38). The maximum atomic E-state index is 13.1. The smallest absolute Gasteiger partial charge is 0.272 e. The van der Waals surface area contributed by atoms with Crippen molar-refractivity contribution >= 4 is 23.5 Å². The van der Waals surface area contributed by atoms with E-state index in [1.807, 2.05) is 23.1 Å². The Balaban J connectivity index is 1.01. The van der Waals surface area contributed by atoms with E-state index in [0.717, 1.165) is 62.0 Å². The van der Waals surface area contributed by atoms with E-state index in [0.29, 0.717) is 29.2 Å². The molecule has 7 rings (SSSR count). The number of nitrogens with zero attached hydrogens (tertiary/aromatic N) is 8. The predicted molar refractivity (Wildman–Crippen MR) is 161 cm³/mol. The molecule has 2 aliphatic heterocycles. The first kappa shape index (κ1) is 26.5. The van der Waals surface area contributed by atoms with Crippen LogP contribution in [0.2, 0.25) is 0 Å². The average Bonchev–Trinajstić information content (AvgIpc) is 3.30. The summed E-state index contributed by atoms with van der Waals surface area (Å²) >= 11 is 0. The number of rotatable bonds is 5. The van der Waals surface area contributed by atoms with E-state index in [-0.39, 0.29) is 11.9 Å². The number of hydrogen-bond acceptors (Lipinski definition) is 9. The first-order valence-electron chi connectivity index (χ1n) is 15.1. The van der Waals surface area contributed by atoms with Crippen LogP contribution in [0.4, 0.5) is 17.6 Å². The van der Waals surface area contributed by atoms with E-state index < -0.39 is 0 Å². The van der Waals surface area contributed by atoms with Crippen molar-refractivity contribution < 1.29 is 4.79 Å². The Kier molecular flexibility index (Phi) is 7.25. The Morgan fingerprint density at radius 2 is 1.71 bits per heavy atom. The fraction of sp³-hybridized carbons (Fsp3) is 0.419. The zero-order chi connectivity index (χ0) is 28.5. The third kappa shape index (κ3) is 5.32. The van der Waals surface area contributed by atoms with Gasteiger partial charge in [-0.1, -0.05) is 30.7 Å². The van der Waals surface area contributed by atoms with E-state index in [1.165, 1.54) is 42.6 Å². The molecule has 1 aliphatic carbocycles. The molecule has 0 bridgehead atoms. The summed E-state index contributed by atoms with van der Waals surface area (Å²) in [6, 6.07) is 14.5. The second-order valence-corrected chi connectivity index (χ2v) is 11.5. The summed E-state index contributed by atoms with van der Waals surface area (Å²) in [4.78, 5) is 26.5. The van der Waals surface area contributed by atoms with Crippen molar-refractivity contribution in [2.24, 2.45) is 0 Å². The molecular formula is C31H36N10O. The van der Waals surface area contributed by atoms with E-state index in [4.69, 9.17) is 5.73 Å². The van der Waals surface area contributed by atoms with E-state index in [1.54, 1.807) is 12.3 Å². The molecular weight excluding hydrogens is 528 g/mol. The fourth-order valence-corrected chi connectivity index (χ4v) is 6.53. The van der Waals surface area contributed by atoms with Crippen LogP contribution in [0.15, 0.2) is 48.7 Å². The van der Waals surface area contributed by atoms with Gasteiger partial charge in [-0.3, -0.25) is 4.79 Å². The van der Waals surface area contributed by atoms with Crippen molar-refractivity contribution in [3.63, 3.8) is 0 Å². The minimum absolute atomic E-state index is 0.0188. The highest BCUT2D eigenvalue weighted by Gasteiger charge is 2.28. The first-order valence-corrected chi connectivity index (χ1v) is 15.1. The van der Waals surface area contributed by atoms with Crippen molar-refractivity contribution in [1.29, 1.82) is 0 Å². The molecule has 4 aromatic rings. The van der Waals surface area contributed by atoms with Crippen LogP contribution >= 0.6 is 0 Å². The van der Waals surface area contributed by atoms with Crippen molar-refractivity contribution in [2.45, 2.75) is 57.4 Å². The number of nitrogens with one attached hydrogen (secondary N) is 1. The summed E-state index contributed by atoms with van der Waals surface area (Å²) < 4.78 is 1.49. The highest BCUT2D eigenvalue weighted by molar-refractivity contribution is 5.92. The monoisotopic (exact) mass is 564 g/mol. The van der Waals surface area contributed by atoms with Crippen molar-refractivity contribution in [1.82, 2.24) is 39.7 Å². The molecule has 0 atom stereocenters. The Bertz CT molecular complexity index is 1570. The van der Waals surface area contributed by atoms with Gasteiger partial charge in [-0.25, -0.2) is 4.98 Å². The van der Waals surface area contributed by atoms with Gasteiger partial charge >= 0.3 is 0 Å².